The molecule has 0 atom stereocenters. The van der Waals surface area contributed by atoms with Crippen LogP contribution < -0.4 is 0 Å². The maximum absolute atomic E-state index is 2.44. The van der Waals surface area contributed by atoms with E-state index >= 15 is 0 Å². The predicted octanol–water partition coefficient (Wildman–Crippen LogP) is 15.8. The van der Waals surface area contributed by atoms with E-state index in [1.807, 2.05) is 0 Å². The first-order valence-corrected chi connectivity index (χ1v) is 19.4. The second-order valence-electron chi connectivity index (χ2n) is 14.9. The van der Waals surface area contributed by atoms with Gasteiger partial charge in [-0.25, -0.2) is 0 Å². The minimum Gasteiger partial charge on any atom is -0.0622 e. The number of hydrogen-bond acceptors (Lipinski definition) is 0. The SMILES string of the molecule is c1ccc(-c2cc(-c3ccc4ccccc4c3)cc(-c3c4ccccc4c(-c4cccc5ccccc45)c4cc(-c5ccc6ccccc6c5)ccc34)c2)cc1. The molecule has 0 amide bonds. The highest BCUT2D eigenvalue weighted by atomic mass is 14.2. The van der Waals surface area contributed by atoms with Crippen LogP contribution in [-0.4, -0.2) is 0 Å². The number of benzene rings is 11. The Balaban J connectivity index is 1.24. The molecule has 0 N–H and O–H groups in total. The third kappa shape index (κ3) is 5.46. The molecule has 0 heterocycles. The van der Waals surface area contributed by atoms with E-state index in [0.29, 0.717) is 0 Å². The van der Waals surface area contributed by atoms with Crippen molar-refractivity contribution in [3.63, 3.8) is 0 Å². The number of rotatable bonds is 5. The van der Waals surface area contributed by atoms with Crippen molar-refractivity contribution in [3.05, 3.63) is 218 Å². The van der Waals surface area contributed by atoms with Crippen molar-refractivity contribution in [2.24, 2.45) is 0 Å². The number of hydrogen-bond donors (Lipinski definition) is 0. The predicted molar refractivity (Wildman–Crippen MR) is 241 cm³/mol. The Labute approximate surface area is 326 Å². The molecular weight excluding hydrogens is 673 g/mol. The summed E-state index contributed by atoms with van der Waals surface area (Å²) in [6.45, 7) is 0. The van der Waals surface area contributed by atoms with Gasteiger partial charge in [-0.3, -0.25) is 0 Å². The van der Waals surface area contributed by atoms with E-state index in [2.05, 4.69) is 218 Å². The molecule has 0 aliphatic rings. The third-order valence-corrected chi connectivity index (χ3v) is 11.6. The lowest BCUT2D eigenvalue weighted by Gasteiger charge is -2.21. The van der Waals surface area contributed by atoms with Crippen LogP contribution in [0, 0.1) is 0 Å². The molecule has 11 aromatic carbocycles. The lowest BCUT2D eigenvalue weighted by molar-refractivity contribution is 1.59. The smallest absolute Gasteiger partial charge is 0.00199 e. The average molecular weight is 709 g/mol. The van der Waals surface area contributed by atoms with Crippen molar-refractivity contribution >= 4 is 53.9 Å². The van der Waals surface area contributed by atoms with Crippen molar-refractivity contribution in [3.8, 4) is 55.6 Å². The summed E-state index contributed by atoms with van der Waals surface area (Å²) in [7, 11) is 0. The minimum atomic E-state index is 1.20. The van der Waals surface area contributed by atoms with Crippen LogP contribution >= 0.6 is 0 Å². The fraction of sp³-hybridized carbons (Fsp3) is 0. The van der Waals surface area contributed by atoms with Gasteiger partial charge in [0.05, 0.1) is 0 Å². The van der Waals surface area contributed by atoms with Gasteiger partial charge < -0.3 is 0 Å². The summed E-state index contributed by atoms with van der Waals surface area (Å²) in [5, 5.41) is 12.5. The van der Waals surface area contributed by atoms with Crippen LogP contribution in [0.3, 0.4) is 0 Å². The van der Waals surface area contributed by atoms with Crippen LogP contribution in [0.4, 0.5) is 0 Å². The van der Waals surface area contributed by atoms with E-state index in [0.717, 1.165) is 0 Å². The molecule has 0 aliphatic heterocycles. The van der Waals surface area contributed by atoms with E-state index < -0.39 is 0 Å². The molecule has 0 fully saturated rings. The van der Waals surface area contributed by atoms with Crippen LogP contribution in [0.15, 0.2) is 218 Å². The number of fused-ring (bicyclic) bond motifs is 5. The van der Waals surface area contributed by atoms with E-state index in [-0.39, 0.29) is 0 Å². The van der Waals surface area contributed by atoms with Crippen molar-refractivity contribution in [1.82, 2.24) is 0 Å². The van der Waals surface area contributed by atoms with Crippen LogP contribution in [0.5, 0.6) is 0 Å². The fourth-order valence-corrected chi connectivity index (χ4v) is 8.88. The zero-order valence-electron chi connectivity index (χ0n) is 30.8. The summed E-state index contributed by atoms with van der Waals surface area (Å²) >= 11 is 0. The minimum absolute atomic E-state index is 1.20. The largest absolute Gasteiger partial charge is 0.0622 e. The lowest BCUT2D eigenvalue weighted by Crippen LogP contribution is -1.93. The highest BCUT2D eigenvalue weighted by Crippen LogP contribution is 2.47. The van der Waals surface area contributed by atoms with Gasteiger partial charge in [-0.1, -0.05) is 182 Å². The monoisotopic (exact) mass is 708 g/mol. The molecule has 11 aromatic rings. The van der Waals surface area contributed by atoms with E-state index in [1.165, 1.54) is 109 Å². The Hall–Kier alpha value is -7.28. The van der Waals surface area contributed by atoms with Crippen LogP contribution in [0.2, 0.25) is 0 Å². The van der Waals surface area contributed by atoms with Gasteiger partial charge in [0.25, 0.3) is 0 Å². The zero-order chi connectivity index (χ0) is 37.0. The summed E-state index contributed by atoms with van der Waals surface area (Å²) in [4.78, 5) is 0. The average Bonchev–Trinajstić information content (AvgIpc) is 3.27. The van der Waals surface area contributed by atoms with Crippen LogP contribution in [-0.2, 0) is 0 Å². The standard InChI is InChI=1S/C56H36/c1-2-13-37(14-3-1)46-33-47(44-28-26-39-16-5-7-19-42(39)32-44)35-48(34-46)55-51-22-10-11-23-52(51)56(50-24-12-20-40-17-8-9-21-49(40)50)54-36-45(29-30-53(54)55)43-27-25-38-15-4-6-18-41(38)31-43/h1-36H. The Morgan fingerprint density at radius 2 is 0.643 bits per heavy atom. The van der Waals surface area contributed by atoms with Gasteiger partial charge in [0.1, 0.15) is 0 Å². The quantitative estimate of drug-likeness (QED) is 0.156. The normalized spacial score (nSPS) is 11.6. The fourth-order valence-electron chi connectivity index (χ4n) is 8.88. The Morgan fingerprint density at radius 1 is 0.179 bits per heavy atom. The zero-order valence-corrected chi connectivity index (χ0v) is 30.8. The van der Waals surface area contributed by atoms with Gasteiger partial charge in [0.2, 0.25) is 0 Å². The first-order valence-electron chi connectivity index (χ1n) is 19.4. The summed E-state index contributed by atoms with van der Waals surface area (Å²) in [6.07, 6.45) is 0. The summed E-state index contributed by atoms with van der Waals surface area (Å²) in [5.74, 6) is 0. The molecule has 0 nitrogen and oxygen atoms in total. The Morgan fingerprint density at radius 3 is 1.34 bits per heavy atom. The van der Waals surface area contributed by atoms with Gasteiger partial charge >= 0.3 is 0 Å². The molecule has 0 spiro atoms. The van der Waals surface area contributed by atoms with Gasteiger partial charge in [0.15, 0.2) is 0 Å². The maximum atomic E-state index is 2.44. The van der Waals surface area contributed by atoms with Gasteiger partial charge in [-0.2, -0.15) is 0 Å². The summed E-state index contributed by atoms with van der Waals surface area (Å²) in [6, 6.07) is 80.6. The third-order valence-electron chi connectivity index (χ3n) is 11.6. The second kappa shape index (κ2) is 13.2. The Kier molecular flexibility index (Phi) is 7.60. The molecule has 0 saturated carbocycles. The van der Waals surface area contributed by atoms with Gasteiger partial charge in [-0.05, 0) is 146 Å². The van der Waals surface area contributed by atoms with Crippen LogP contribution in [0.1, 0.15) is 0 Å². The van der Waals surface area contributed by atoms with E-state index in [4.69, 9.17) is 0 Å². The molecule has 0 unspecified atom stereocenters. The van der Waals surface area contributed by atoms with Crippen molar-refractivity contribution < 1.29 is 0 Å². The van der Waals surface area contributed by atoms with Crippen molar-refractivity contribution in [2.45, 2.75) is 0 Å². The summed E-state index contributed by atoms with van der Waals surface area (Å²) < 4.78 is 0. The molecule has 0 saturated heterocycles. The first kappa shape index (κ1) is 32.2. The second-order valence-corrected chi connectivity index (χ2v) is 14.9. The molecule has 0 aliphatic carbocycles. The van der Waals surface area contributed by atoms with E-state index in [9.17, 15) is 0 Å². The molecule has 56 heavy (non-hydrogen) atoms. The molecular formula is C56H36. The van der Waals surface area contributed by atoms with Gasteiger partial charge in [0, 0.05) is 0 Å². The molecule has 0 aromatic heterocycles. The first-order chi connectivity index (χ1) is 27.7. The van der Waals surface area contributed by atoms with Crippen LogP contribution in [0.25, 0.3) is 109 Å². The topological polar surface area (TPSA) is 0 Å². The van der Waals surface area contributed by atoms with Gasteiger partial charge in [-0.15, -0.1) is 0 Å². The van der Waals surface area contributed by atoms with E-state index in [1.54, 1.807) is 0 Å². The highest BCUT2D eigenvalue weighted by molar-refractivity contribution is 6.24. The highest BCUT2D eigenvalue weighted by Gasteiger charge is 2.20. The Bertz CT molecular complexity index is 3290. The molecule has 0 heteroatoms. The van der Waals surface area contributed by atoms with Crippen molar-refractivity contribution in [1.29, 1.82) is 0 Å². The lowest BCUT2D eigenvalue weighted by atomic mass is 9.82. The maximum Gasteiger partial charge on any atom is -0.00199 e. The molecule has 11 rings (SSSR count). The summed E-state index contributed by atoms with van der Waals surface area (Å²) in [5.41, 5.74) is 12.2. The molecule has 0 radical (unpaired) electrons. The molecule has 260 valence electrons. The van der Waals surface area contributed by atoms with Crippen molar-refractivity contribution in [2.75, 3.05) is 0 Å². The molecule has 0 bridgehead atoms.